The third kappa shape index (κ3) is 3.91. The molecule has 3 N–H and O–H groups in total. The van der Waals surface area contributed by atoms with E-state index in [0.29, 0.717) is 29.4 Å². The average molecular weight is 257 g/mol. The van der Waals surface area contributed by atoms with Crippen LogP contribution in [0, 0.1) is 5.92 Å². The Labute approximate surface area is 106 Å². The van der Waals surface area contributed by atoms with Crippen LogP contribution in [0.25, 0.3) is 0 Å². The van der Waals surface area contributed by atoms with Crippen molar-refractivity contribution >= 4 is 17.5 Å². The van der Waals surface area contributed by atoms with Crippen molar-refractivity contribution in [2.45, 2.75) is 6.92 Å². The van der Waals surface area contributed by atoms with Crippen molar-refractivity contribution in [2.75, 3.05) is 20.2 Å². The van der Waals surface area contributed by atoms with Crippen molar-refractivity contribution < 1.29 is 9.53 Å². The zero-order chi connectivity index (χ0) is 12.8. The molecule has 1 aromatic rings. The summed E-state index contributed by atoms with van der Waals surface area (Å²) >= 11 is 5.99. The fourth-order valence-corrected chi connectivity index (χ4v) is 1.51. The standard InChI is InChI=1S/C12H17ClN2O2/c1-8(6-14)7-15-12(16)10-4-3-9(17-2)5-11(10)13/h3-5,8H,6-7,14H2,1-2H3,(H,15,16). The van der Waals surface area contributed by atoms with Crippen molar-refractivity contribution in [3.05, 3.63) is 28.8 Å². The van der Waals surface area contributed by atoms with E-state index in [1.807, 2.05) is 6.92 Å². The van der Waals surface area contributed by atoms with Crippen LogP contribution in [0.2, 0.25) is 5.02 Å². The van der Waals surface area contributed by atoms with E-state index < -0.39 is 0 Å². The molecule has 0 aromatic heterocycles. The second kappa shape index (κ2) is 6.47. The van der Waals surface area contributed by atoms with Gasteiger partial charge in [0.05, 0.1) is 17.7 Å². The molecule has 0 fully saturated rings. The summed E-state index contributed by atoms with van der Waals surface area (Å²) in [6.07, 6.45) is 0. The zero-order valence-electron chi connectivity index (χ0n) is 10.00. The van der Waals surface area contributed by atoms with E-state index >= 15 is 0 Å². The molecule has 17 heavy (non-hydrogen) atoms. The summed E-state index contributed by atoms with van der Waals surface area (Å²) in [5.41, 5.74) is 5.91. The van der Waals surface area contributed by atoms with Gasteiger partial charge in [-0.25, -0.2) is 0 Å². The maximum Gasteiger partial charge on any atom is 0.252 e. The summed E-state index contributed by atoms with van der Waals surface area (Å²) in [7, 11) is 1.55. The number of amides is 1. The maximum absolute atomic E-state index is 11.8. The predicted molar refractivity (Wildman–Crippen MR) is 68.6 cm³/mol. The van der Waals surface area contributed by atoms with Gasteiger partial charge in [-0.2, -0.15) is 0 Å². The molecule has 0 heterocycles. The molecule has 0 radical (unpaired) electrons. The highest BCUT2D eigenvalue weighted by atomic mass is 35.5. The molecule has 0 saturated heterocycles. The maximum atomic E-state index is 11.8. The van der Waals surface area contributed by atoms with E-state index in [1.165, 1.54) is 0 Å². The van der Waals surface area contributed by atoms with Gasteiger partial charge in [-0.1, -0.05) is 18.5 Å². The fraction of sp³-hybridized carbons (Fsp3) is 0.417. The lowest BCUT2D eigenvalue weighted by Gasteiger charge is -2.11. The molecular weight excluding hydrogens is 240 g/mol. The Morgan fingerprint density at radius 3 is 2.82 bits per heavy atom. The highest BCUT2D eigenvalue weighted by molar-refractivity contribution is 6.34. The minimum atomic E-state index is -0.196. The van der Waals surface area contributed by atoms with E-state index in [0.717, 1.165) is 0 Å². The van der Waals surface area contributed by atoms with Crippen LogP contribution in [0.4, 0.5) is 0 Å². The van der Waals surface area contributed by atoms with Crippen LogP contribution < -0.4 is 15.8 Å². The smallest absolute Gasteiger partial charge is 0.252 e. The number of benzene rings is 1. The number of nitrogens with one attached hydrogen (secondary N) is 1. The van der Waals surface area contributed by atoms with E-state index in [1.54, 1.807) is 25.3 Å². The highest BCUT2D eigenvalue weighted by Gasteiger charge is 2.11. The topological polar surface area (TPSA) is 64.3 Å². The van der Waals surface area contributed by atoms with Gasteiger partial charge in [-0.15, -0.1) is 0 Å². The molecule has 0 aliphatic heterocycles. The van der Waals surface area contributed by atoms with Gasteiger partial charge >= 0.3 is 0 Å². The molecule has 1 atom stereocenters. The van der Waals surface area contributed by atoms with Gasteiger partial charge < -0.3 is 15.8 Å². The number of carbonyl (C=O) groups excluding carboxylic acids is 1. The zero-order valence-corrected chi connectivity index (χ0v) is 10.8. The van der Waals surface area contributed by atoms with Crippen molar-refractivity contribution in [1.82, 2.24) is 5.32 Å². The largest absolute Gasteiger partial charge is 0.497 e. The first-order valence-electron chi connectivity index (χ1n) is 5.40. The van der Waals surface area contributed by atoms with Crippen LogP contribution in [0.3, 0.4) is 0 Å². The second-order valence-corrected chi connectivity index (χ2v) is 4.30. The SMILES string of the molecule is COc1ccc(C(=O)NCC(C)CN)c(Cl)c1. The first-order chi connectivity index (χ1) is 8.08. The van der Waals surface area contributed by atoms with E-state index in [4.69, 9.17) is 22.1 Å². The van der Waals surface area contributed by atoms with E-state index in [9.17, 15) is 4.79 Å². The van der Waals surface area contributed by atoms with Crippen LogP contribution >= 0.6 is 11.6 Å². The summed E-state index contributed by atoms with van der Waals surface area (Å²) in [6.45, 7) is 3.05. The monoisotopic (exact) mass is 256 g/mol. The van der Waals surface area contributed by atoms with Crippen LogP contribution in [-0.4, -0.2) is 26.1 Å². The Kier molecular flexibility index (Phi) is 5.25. The first-order valence-corrected chi connectivity index (χ1v) is 5.78. The van der Waals surface area contributed by atoms with Gasteiger partial charge in [0.15, 0.2) is 0 Å². The number of hydrogen-bond acceptors (Lipinski definition) is 3. The molecular formula is C12H17ClN2O2. The molecule has 0 saturated carbocycles. The Balaban J connectivity index is 2.69. The fourth-order valence-electron chi connectivity index (χ4n) is 1.25. The number of rotatable bonds is 5. The second-order valence-electron chi connectivity index (χ2n) is 3.90. The molecule has 5 heteroatoms. The molecule has 1 rings (SSSR count). The number of carbonyl (C=O) groups is 1. The van der Waals surface area contributed by atoms with E-state index in [2.05, 4.69) is 5.32 Å². The van der Waals surface area contributed by atoms with Crippen molar-refractivity contribution in [3.8, 4) is 5.75 Å². The van der Waals surface area contributed by atoms with Crippen LogP contribution in [0.5, 0.6) is 5.75 Å². The Bertz CT molecular complexity index is 396. The minimum Gasteiger partial charge on any atom is -0.497 e. The van der Waals surface area contributed by atoms with Gasteiger partial charge in [0, 0.05) is 6.54 Å². The van der Waals surface area contributed by atoms with Crippen molar-refractivity contribution in [2.24, 2.45) is 11.7 Å². The lowest BCUT2D eigenvalue weighted by molar-refractivity contribution is 0.0948. The van der Waals surface area contributed by atoms with Crippen molar-refractivity contribution in [1.29, 1.82) is 0 Å². The molecule has 0 aliphatic carbocycles. The summed E-state index contributed by atoms with van der Waals surface area (Å²) in [5, 5.41) is 3.16. The molecule has 1 unspecified atom stereocenters. The molecule has 0 spiro atoms. The van der Waals surface area contributed by atoms with Gasteiger partial charge in [0.2, 0.25) is 0 Å². The minimum absolute atomic E-state index is 0.196. The summed E-state index contributed by atoms with van der Waals surface area (Å²) < 4.78 is 5.01. The van der Waals surface area contributed by atoms with Gasteiger partial charge in [0.25, 0.3) is 5.91 Å². The van der Waals surface area contributed by atoms with Gasteiger partial charge in [-0.05, 0) is 30.7 Å². The third-order valence-electron chi connectivity index (χ3n) is 2.43. The predicted octanol–water partition coefficient (Wildman–Crippen LogP) is 1.67. The Hall–Kier alpha value is -1.26. The third-order valence-corrected chi connectivity index (χ3v) is 2.75. The molecule has 94 valence electrons. The van der Waals surface area contributed by atoms with Gasteiger partial charge in [0.1, 0.15) is 5.75 Å². The Morgan fingerprint density at radius 2 is 2.29 bits per heavy atom. The van der Waals surface area contributed by atoms with Crippen molar-refractivity contribution in [3.63, 3.8) is 0 Å². The number of ether oxygens (including phenoxy) is 1. The lowest BCUT2D eigenvalue weighted by Crippen LogP contribution is -2.31. The van der Waals surface area contributed by atoms with Crippen LogP contribution in [0.1, 0.15) is 17.3 Å². The Morgan fingerprint density at radius 1 is 1.59 bits per heavy atom. The number of methoxy groups -OCH3 is 1. The number of halogens is 1. The van der Waals surface area contributed by atoms with Crippen LogP contribution in [-0.2, 0) is 0 Å². The molecule has 1 amide bonds. The molecule has 4 nitrogen and oxygen atoms in total. The normalized spacial score (nSPS) is 12.0. The summed E-state index contributed by atoms with van der Waals surface area (Å²) in [6, 6.07) is 4.96. The molecule has 0 bridgehead atoms. The molecule has 1 aromatic carbocycles. The lowest BCUT2D eigenvalue weighted by atomic mass is 10.1. The molecule has 0 aliphatic rings. The average Bonchev–Trinajstić information content (AvgIpc) is 2.35. The highest BCUT2D eigenvalue weighted by Crippen LogP contribution is 2.22. The number of nitrogens with two attached hydrogens (primary N) is 1. The number of hydrogen-bond donors (Lipinski definition) is 2. The van der Waals surface area contributed by atoms with Gasteiger partial charge in [-0.3, -0.25) is 4.79 Å². The quantitative estimate of drug-likeness (QED) is 0.842. The summed E-state index contributed by atoms with van der Waals surface area (Å²) in [4.78, 5) is 11.8. The first kappa shape index (κ1) is 13.8. The summed E-state index contributed by atoms with van der Waals surface area (Å²) in [5.74, 6) is 0.677. The van der Waals surface area contributed by atoms with E-state index in [-0.39, 0.29) is 11.8 Å². The van der Waals surface area contributed by atoms with Crippen LogP contribution in [0.15, 0.2) is 18.2 Å².